The molecule has 0 aliphatic carbocycles. The number of thiophene rings is 1. The van der Waals surface area contributed by atoms with Crippen LogP contribution in [0.25, 0.3) is 0 Å². The van der Waals surface area contributed by atoms with Crippen LogP contribution in [0.4, 0.5) is 0 Å². The van der Waals surface area contributed by atoms with Gasteiger partial charge in [0.1, 0.15) is 4.47 Å². The molecule has 2 rings (SSSR count). The lowest BCUT2D eigenvalue weighted by atomic mass is 10.4. The molecule has 2 aromatic rings. The molecule has 0 saturated carbocycles. The third kappa shape index (κ3) is 3.51. The Hall–Kier alpha value is -0.980. The smallest absolute Gasteiger partial charge is 0.267 e. The maximum atomic E-state index is 11.7. The van der Waals surface area contributed by atoms with Crippen molar-refractivity contribution in [1.82, 2.24) is 14.9 Å². The topological polar surface area (TPSA) is 46.9 Å². The minimum atomic E-state index is -0.0428. The number of aromatic nitrogens is 2. The van der Waals surface area contributed by atoms with E-state index in [1.807, 2.05) is 0 Å². The lowest BCUT2D eigenvalue weighted by Crippen LogP contribution is -2.27. The Bertz CT molecular complexity index is 579. The maximum Gasteiger partial charge on any atom is 0.267 e. The van der Waals surface area contributed by atoms with E-state index in [9.17, 15) is 4.79 Å². The first-order valence-corrected chi connectivity index (χ1v) is 7.24. The van der Waals surface area contributed by atoms with E-state index in [2.05, 4.69) is 45.3 Å². The highest BCUT2D eigenvalue weighted by Gasteiger charge is 2.00. The molecule has 0 bridgehead atoms. The number of rotatable bonds is 5. The Morgan fingerprint density at radius 2 is 2.33 bits per heavy atom. The number of aryl methyl sites for hydroxylation is 1. The Kier molecular flexibility index (Phi) is 4.68. The van der Waals surface area contributed by atoms with Crippen LogP contribution in [-0.4, -0.2) is 16.1 Å². The molecular weight excluding hydrogens is 314 g/mol. The molecule has 0 unspecified atom stereocenters. The van der Waals surface area contributed by atoms with Crippen LogP contribution >= 0.6 is 27.3 Å². The fourth-order valence-electron chi connectivity index (χ4n) is 1.57. The fourth-order valence-corrected chi connectivity index (χ4v) is 2.78. The van der Waals surface area contributed by atoms with E-state index in [0.29, 0.717) is 11.0 Å². The fraction of sp³-hybridized carbons (Fsp3) is 0.333. The monoisotopic (exact) mass is 327 g/mol. The normalized spacial score (nSPS) is 10.8. The van der Waals surface area contributed by atoms with E-state index < -0.39 is 0 Å². The second-order valence-electron chi connectivity index (χ2n) is 3.93. The summed E-state index contributed by atoms with van der Waals surface area (Å²) in [5, 5.41) is 3.32. The van der Waals surface area contributed by atoms with Gasteiger partial charge in [0.15, 0.2) is 0 Å². The van der Waals surface area contributed by atoms with Gasteiger partial charge in [0.2, 0.25) is 0 Å². The molecule has 0 fully saturated rings. The summed E-state index contributed by atoms with van der Waals surface area (Å²) in [6, 6.07) is 4.24. The minimum absolute atomic E-state index is 0.0428. The van der Waals surface area contributed by atoms with Gasteiger partial charge in [-0.1, -0.05) is 0 Å². The van der Waals surface area contributed by atoms with Crippen molar-refractivity contribution in [3.05, 3.63) is 49.2 Å². The quantitative estimate of drug-likeness (QED) is 0.856. The number of halogens is 1. The molecule has 18 heavy (non-hydrogen) atoms. The number of nitrogens with zero attached hydrogens (tertiary/aromatic N) is 2. The van der Waals surface area contributed by atoms with Crippen molar-refractivity contribution in [2.75, 3.05) is 6.54 Å². The van der Waals surface area contributed by atoms with Gasteiger partial charge in [-0.05, 0) is 35.0 Å². The lowest BCUT2D eigenvalue weighted by Gasteiger charge is -2.06. The van der Waals surface area contributed by atoms with Gasteiger partial charge in [0.25, 0.3) is 5.56 Å². The Balaban J connectivity index is 1.82. The van der Waals surface area contributed by atoms with Crippen LogP contribution in [-0.2, 0) is 13.1 Å². The third-order valence-corrected chi connectivity index (χ3v) is 4.03. The average molecular weight is 328 g/mol. The zero-order chi connectivity index (χ0) is 13.0. The SMILES string of the molecule is Cc1ccc(CNCCn2cncc(Br)c2=O)s1. The number of nitrogens with one attached hydrogen (secondary N) is 1. The summed E-state index contributed by atoms with van der Waals surface area (Å²) in [7, 11) is 0. The van der Waals surface area contributed by atoms with E-state index in [4.69, 9.17) is 0 Å². The zero-order valence-corrected chi connectivity index (χ0v) is 12.4. The first-order valence-electron chi connectivity index (χ1n) is 5.63. The second-order valence-corrected chi connectivity index (χ2v) is 6.16. The van der Waals surface area contributed by atoms with Crippen LogP contribution in [0, 0.1) is 6.92 Å². The molecule has 0 saturated heterocycles. The van der Waals surface area contributed by atoms with Crippen molar-refractivity contribution in [1.29, 1.82) is 0 Å². The van der Waals surface area contributed by atoms with Crippen molar-refractivity contribution >= 4 is 27.3 Å². The van der Waals surface area contributed by atoms with Crippen molar-refractivity contribution in [3.8, 4) is 0 Å². The van der Waals surface area contributed by atoms with Gasteiger partial charge in [-0.2, -0.15) is 0 Å². The van der Waals surface area contributed by atoms with E-state index >= 15 is 0 Å². The predicted octanol–water partition coefficient (Wildman–Crippen LogP) is 2.17. The molecule has 0 spiro atoms. The van der Waals surface area contributed by atoms with Gasteiger partial charge in [-0.3, -0.25) is 9.36 Å². The maximum absolute atomic E-state index is 11.7. The van der Waals surface area contributed by atoms with Gasteiger partial charge < -0.3 is 5.32 Å². The first-order chi connectivity index (χ1) is 8.66. The Morgan fingerprint density at radius 3 is 3.06 bits per heavy atom. The molecule has 1 N–H and O–H groups in total. The highest BCUT2D eigenvalue weighted by atomic mass is 79.9. The molecule has 0 aliphatic heterocycles. The van der Waals surface area contributed by atoms with Crippen LogP contribution in [0.5, 0.6) is 0 Å². The third-order valence-electron chi connectivity index (χ3n) is 2.48. The molecule has 0 amide bonds. The minimum Gasteiger partial charge on any atom is -0.310 e. The summed E-state index contributed by atoms with van der Waals surface area (Å²) in [5.74, 6) is 0. The van der Waals surface area contributed by atoms with Crippen molar-refractivity contribution in [2.45, 2.75) is 20.0 Å². The van der Waals surface area contributed by atoms with E-state index in [1.165, 1.54) is 16.0 Å². The Morgan fingerprint density at radius 1 is 1.50 bits per heavy atom. The summed E-state index contributed by atoms with van der Waals surface area (Å²) in [6.07, 6.45) is 3.07. The predicted molar refractivity (Wildman–Crippen MR) is 77.0 cm³/mol. The zero-order valence-electron chi connectivity index (χ0n) is 10.0. The van der Waals surface area contributed by atoms with Crippen molar-refractivity contribution < 1.29 is 0 Å². The summed E-state index contributed by atoms with van der Waals surface area (Å²) < 4.78 is 2.09. The van der Waals surface area contributed by atoms with E-state index in [1.54, 1.807) is 22.2 Å². The number of hydrogen-bond donors (Lipinski definition) is 1. The van der Waals surface area contributed by atoms with Crippen molar-refractivity contribution in [3.63, 3.8) is 0 Å². The van der Waals surface area contributed by atoms with Crippen LogP contribution in [0.1, 0.15) is 9.75 Å². The lowest BCUT2D eigenvalue weighted by molar-refractivity contribution is 0.579. The van der Waals surface area contributed by atoms with Gasteiger partial charge in [-0.25, -0.2) is 4.98 Å². The standard InChI is InChI=1S/C12H14BrN3OS/c1-9-2-3-10(18-9)6-14-4-5-16-8-15-7-11(13)12(16)17/h2-3,7-8,14H,4-6H2,1H3. The Labute approximate surface area is 118 Å². The van der Waals surface area contributed by atoms with Crippen LogP contribution in [0.3, 0.4) is 0 Å². The van der Waals surface area contributed by atoms with Gasteiger partial charge >= 0.3 is 0 Å². The summed E-state index contributed by atoms with van der Waals surface area (Å²) in [5.41, 5.74) is -0.0428. The van der Waals surface area contributed by atoms with E-state index in [-0.39, 0.29) is 5.56 Å². The molecule has 0 radical (unpaired) electrons. The molecule has 2 heterocycles. The summed E-state index contributed by atoms with van der Waals surface area (Å²) >= 11 is 4.97. The highest BCUT2D eigenvalue weighted by molar-refractivity contribution is 9.10. The molecule has 2 aromatic heterocycles. The van der Waals surface area contributed by atoms with E-state index in [0.717, 1.165) is 13.1 Å². The van der Waals surface area contributed by atoms with Crippen LogP contribution < -0.4 is 10.9 Å². The van der Waals surface area contributed by atoms with Crippen LogP contribution in [0.2, 0.25) is 0 Å². The molecule has 4 nitrogen and oxygen atoms in total. The molecule has 0 atom stereocenters. The summed E-state index contributed by atoms with van der Waals surface area (Å²) in [4.78, 5) is 18.3. The molecule has 96 valence electrons. The highest BCUT2D eigenvalue weighted by Crippen LogP contribution is 2.14. The molecule has 0 aliphatic rings. The van der Waals surface area contributed by atoms with Crippen molar-refractivity contribution in [2.24, 2.45) is 0 Å². The summed E-state index contributed by atoms with van der Waals surface area (Å²) in [6.45, 7) is 4.31. The average Bonchev–Trinajstić information content (AvgIpc) is 2.76. The van der Waals surface area contributed by atoms with Crippen LogP contribution in [0.15, 0.2) is 33.9 Å². The van der Waals surface area contributed by atoms with Gasteiger partial charge in [0, 0.05) is 35.6 Å². The molecular formula is C12H14BrN3OS. The molecule has 6 heteroatoms. The first kappa shape index (κ1) is 13.5. The molecule has 0 aromatic carbocycles. The largest absolute Gasteiger partial charge is 0.310 e. The number of hydrogen-bond acceptors (Lipinski definition) is 4. The van der Waals surface area contributed by atoms with Gasteiger partial charge in [0.05, 0.1) is 6.33 Å². The van der Waals surface area contributed by atoms with Gasteiger partial charge in [-0.15, -0.1) is 11.3 Å². The second kappa shape index (κ2) is 6.26.